The SMILES string of the molecule is Cc1ccc(SC=CC(=Nc2ccccc2)c2cccc(C)c2)cc1. The number of nitrogens with zero attached hydrogens (tertiary/aromatic N) is 1. The molecule has 0 saturated heterocycles. The Kier molecular flexibility index (Phi) is 5.86. The van der Waals surface area contributed by atoms with Crippen LogP contribution in [0.15, 0.2) is 100 Å². The van der Waals surface area contributed by atoms with Crippen molar-refractivity contribution in [1.29, 1.82) is 0 Å². The van der Waals surface area contributed by atoms with Gasteiger partial charge in [-0.1, -0.05) is 71.4 Å². The molecule has 0 aromatic heterocycles. The summed E-state index contributed by atoms with van der Waals surface area (Å²) >= 11 is 1.71. The highest BCUT2D eigenvalue weighted by Crippen LogP contribution is 2.21. The molecule has 0 aliphatic rings. The third kappa shape index (κ3) is 5.20. The number of para-hydroxylation sites is 1. The van der Waals surface area contributed by atoms with Crippen molar-refractivity contribution in [3.05, 3.63) is 107 Å². The first-order valence-corrected chi connectivity index (χ1v) is 9.19. The molecule has 3 aromatic rings. The predicted molar refractivity (Wildman–Crippen MR) is 110 cm³/mol. The Bertz CT molecular complexity index is 877. The summed E-state index contributed by atoms with van der Waals surface area (Å²) in [6, 6.07) is 27.1. The largest absolute Gasteiger partial charge is 0.248 e. The number of hydrogen-bond donors (Lipinski definition) is 0. The van der Waals surface area contributed by atoms with Gasteiger partial charge in [0.15, 0.2) is 0 Å². The second kappa shape index (κ2) is 8.50. The molecule has 124 valence electrons. The van der Waals surface area contributed by atoms with Crippen LogP contribution in [-0.4, -0.2) is 5.71 Å². The molecular weight excluding hydrogens is 322 g/mol. The van der Waals surface area contributed by atoms with Gasteiger partial charge in [0.25, 0.3) is 0 Å². The van der Waals surface area contributed by atoms with Crippen LogP contribution in [0.5, 0.6) is 0 Å². The molecule has 0 aliphatic heterocycles. The van der Waals surface area contributed by atoms with Crippen molar-refractivity contribution in [1.82, 2.24) is 0 Å². The Morgan fingerprint density at radius 1 is 0.800 bits per heavy atom. The maximum atomic E-state index is 4.83. The smallest absolute Gasteiger partial charge is 0.0714 e. The van der Waals surface area contributed by atoms with Crippen molar-refractivity contribution < 1.29 is 0 Å². The van der Waals surface area contributed by atoms with Gasteiger partial charge in [-0.25, -0.2) is 4.99 Å². The van der Waals surface area contributed by atoms with Crippen molar-refractivity contribution in [3.8, 4) is 0 Å². The van der Waals surface area contributed by atoms with E-state index in [1.54, 1.807) is 11.8 Å². The van der Waals surface area contributed by atoms with E-state index in [-0.39, 0.29) is 0 Å². The van der Waals surface area contributed by atoms with Crippen molar-refractivity contribution in [2.45, 2.75) is 18.7 Å². The third-order valence-corrected chi connectivity index (χ3v) is 4.59. The molecule has 3 rings (SSSR count). The minimum Gasteiger partial charge on any atom is -0.248 e. The Hall–Kier alpha value is -2.58. The van der Waals surface area contributed by atoms with Crippen LogP contribution in [0.1, 0.15) is 16.7 Å². The van der Waals surface area contributed by atoms with Crippen LogP contribution < -0.4 is 0 Å². The Labute approximate surface area is 154 Å². The van der Waals surface area contributed by atoms with Gasteiger partial charge in [0.1, 0.15) is 0 Å². The number of rotatable bonds is 5. The lowest BCUT2D eigenvalue weighted by molar-refractivity contribution is 1.38. The molecule has 0 unspecified atom stereocenters. The van der Waals surface area contributed by atoms with E-state index < -0.39 is 0 Å². The molecule has 0 radical (unpaired) electrons. The number of benzene rings is 3. The number of hydrogen-bond acceptors (Lipinski definition) is 2. The summed E-state index contributed by atoms with van der Waals surface area (Å²) in [6.45, 7) is 4.21. The van der Waals surface area contributed by atoms with Gasteiger partial charge in [0.2, 0.25) is 0 Å². The second-order valence-electron chi connectivity index (χ2n) is 5.94. The summed E-state index contributed by atoms with van der Waals surface area (Å²) in [5, 5.41) is 2.11. The molecule has 0 saturated carbocycles. The quantitative estimate of drug-likeness (QED) is 0.369. The first-order chi connectivity index (χ1) is 12.2. The van der Waals surface area contributed by atoms with Gasteiger partial charge < -0.3 is 0 Å². The van der Waals surface area contributed by atoms with Crippen LogP contribution in [-0.2, 0) is 0 Å². The van der Waals surface area contributed by atoms with E-state index in [0.29, 0.717) is 0 Å². The molecule has 0 heterocycles. The monoisotopic (exact) mass is 343 g/mol. The summed E-state index contributed by atoms with van der Waals surface area (Å²) in [6.07, 6.45) is 2.09. The standard InChI is InChI=1S/C23H21NS/c1-18-11-13-22(14-12-18)25-16-15-23(20-8-6-7-19(2)17-20)24-21-9-4-3-5-10-21/h3-17H,1-2H3. The van der Waals surface area contributed by atoms with E-state index in [1.807, 2.05) is 30.3 Å². The third-order valence-electron chi connectivity index (χ3n) is 3.77. The highest BCUT2D eigenvalue weighted by atomic mass is 32.2. The van der Waals surface area contributed by atoms with Gasteiger partial charge in [-0.15, -0.1) is 0 Å². The minimum absolute atomic E-state index is 0.962. The molecule has 0 aliphatic carbocycles. The topological polar surface area (TPSA) is 12.4 Å². The number of aryl methyl sites for hydroxylation is 2. The number of thioether (sulfide) groups is 1. The van der Waals surface area contributed by atoms with E-state index in [1.165, 1.54) is 16.0 Å². The molecule has 0 bridgehead atoms. The summed E-state index contributed by atoms with van der Waals surface area (Å²) in [5.41, 5.74) is 5.57. The Morgan fingerprint density at radius 3 is 2.28 bits per heavy atom. The molecule has 2 heteroatoms. The first kappa shape index (κ1) is 17.2. The fraction of sp³-hybridized carbons (Fsp3) is 0.0870. The number of aliphatic imine (C=N–C) groups is 1. The zero-order valence-electron chi connectivity index (χ0n) is 14.5. The lowest BCUT2D eigenvalue weighted by Crippen LogP contribution is -1.96. The summed E-state index contributed by atoms with van der Waals surface area (Å²) in [5.74, 6) is 0. The van der Waals surface area contributed by atoms with Crippen LogP contribution in [0.25, 0.3) is 0 Å². The second-order valence-corrected chi connectivity index (χ2v) is 6.91. The molecule has 0 atom stereocenters. The zero-order chi connectivity index (χ0) is 17.5. The van der Waals surface area contributed by atoms with E-state index in [9.17, 15) is 0 Å². The molecule has 3 aromatic carbocycles. The van der Waals surface area contributed by atoms with Gasteiger partial charge in [0, 0.05) is 10.5 Å². The molecule has 1 nitrogen and oxygen atoms in total. The fourth-order valence-corrected chi connectivity index (χ4v) is 3.09. The summed E-state index contributed by atoms with van der Waals surface area (Å²) in [7, 11) is 0. The van der Waals surface area contributed by atoms with Gasteiger partial charge in [-0.3, -0.25) is 0 Å². The highest BCUT2D eigenvalue weighted by molar-refractivity contribution is 8.02. The molecule has 0 N–H and O–H groups in total. The summed E-state index contributed by atoms with van der Waals surface area (Å²) in [4.78, 5) is 6.06. The fourth-order valence-electron chi connectivity index (χ4n) is 2.44. The van der Waals surface area contributed by atoms with Crippen LogP contribution in [0, 0.1) is 13.8 Å². The number of allylic oxidation sites excluding steroid dienone is 1. The van der Waals surface area contributed by atoms with Crippen LogP contribution in [0.4, 0.5) is 5.69 Å². The van der Waals surface area contributed by atoms with Crippen molar-refractivity contribution >= 4 is 23.2 Å². The molecular formula is C23H21NS. The van der Waals surface area contributed by atoms with Gasteiger partial charge >= 0.3 is 0 Å². The maximum absolute atomic E-state index is 4.83. The zero-order valence-corrected chi connectivity index (χ0v) is 15.3. The highest BCUT2D eigenvalue weighted by Gasteiger charge is 2.01. The van der Waals surface area contributed by atoms with Crippen molar-refractivity contribution in [3.63, 3.8) is 0 Å². The van der Waals surface area contributed by atoms with Gasteiger partial charge in [0.05, 0.1) is 11.4 Å². The average Bonchev–Trinajstić information content (AvgIpc) is 2.63. The molecule has 0 amide bonds. The van der Waals surface area contributed by atoms with E-state index >= 15 is 0 Å². The molecule has 25 heavy (non-hydrogen) atoms. The Balaban J connectivity index is 1.87. The lowest BCUT2D eigenvalue weighted by atomic mass is 10.1. The first-order valence-electron chi connectivity index (χ1n) is 8.31. The van der Waals surface area contributed by atoms with E-state index in [0.717, 1.165) is 17.0 Å². The van der Waals surface area contributed by atoms with Crippen molar-refractivity contribution in [2.75, 3.05) is 0 Å². The van der Waals surface area contributed by atoms with Gasteiger partial charge in [-0.05, 0) is 55.7 Å². The van der Waals surface area contributed by atoms with Crippen LogP contribution >= 0.6 is 11.8 Å². The van der Waals surface area contributed by atoms with E-state index in [4.69, 9.17) is 4.99 Å². The van der Waals surface area contributed by atoms with Crippen LogP contribution in [0.3, 0.4) is 0 Å². The van der Waals surface area contributed by atoms with E-state index in [2.05, 4.69) is 73.9 Å². The van der Waals surface area contributed by atoms with Gasteiger partial charge in [-0.2, -0.15) is 0 Å². The van der Waals surface area contributed by atoms with Crippen LogP contribution in [0.2, 0.25) is 0 Å². The van der Waals surface area contributed by atoms with Crippen molar-refractivity contribution in [2.24, 2.45) is 4.99 Å². The molecule has 0 fully saturated rings. The average molecular weight is 343 g/mol. The Morgan fingerprint density at radius 2 is 1.56 bits per heavy atom. The molecule has 0 spiro atoms. The minimum atomic E-state index is 0.962. The maximum Gasteiger partial charge on any atom is 0.0714 e. The lowest BCUT2D eigenvalue weighted by Gasteiger charge is -2.04. The normalized spacial score (nSPS) is 11.8. The summed E-state index contributed by atoms with van der Waals surface area (Å²) < 4.78 is 0. The predicted octanol–water partition coefficient (Wildman–Crippen LogP) is 6.73.